The van der Waals surface area contributed by atoms with Crippen LogP contribution in [0.5, 0.6) is 0 Å². The minimum Gasteiger partial charge on any atom is -0.444 e. The molecule has 4 heterocycles. The van der Waals surface area contributed by atoms with Gasteiger partial charge in [-0.1, -0.05) is 12.2 Å². The van der Waals surface area contributed by atoms with Crippen molar-refractivity contribution >= 4 is 63.7 Å². The van der Waals surface area contributed by atoms with Crippen LogP contribution in [0, 0.1) is 13.8 Å². The highest BCUT2D eigenvalue weighted by atomic mass is 16.6. The molecule has 0 fully saturated rings. The molecule has 6 rings (SSSR count). The van der Waals surface area contributed by atoms with Crippen molar-refractivity contribution < 1.29 is 28.7 Å². The smallest absolute Gasteiger partial charge is 0.407 e. The van der Waals surface area contributed by atoms with Crippen molar-refractivity contribution in [1.82, 2.24) is 48.9 Å². The van der Waals surface area contributed by atoms with Crippen LogP contribution in [0.2, 0.25) is 0 Å². The first kappa shape index (κ1) is 44.2. The van der Waals surface area contributed by atoms with E-state index in [1.54, 1.807) is 95.2 Å². The van der Waals surface area contributed by atoms with Gasteiger partial charge in [-0.25, -0.2) is 14.8 Å². The van der Waals surface area contributed by atoms with Crippen molar-refractivity contribution in [2.75, 3.05) is 30.8 Å². The number of ether oxygens (including phenoxy) is 1. The zero-order chi connectivity index (χ0) is 44.9. The summed E-state index contributed by atoms with van der Waals surface area (Å²) in [4.78, 5) is 75.7. The highest BCUT2D eigenvalue weighted by Crippen LogP contribution is 2.25. The molecule has 0 spiro atoms. The van der Waals surface area contributed by atoms with Gasteiger partial charge in [0.15, 0.2) is 0 Å². The van der Waals surface area contributed by atoms with Gasteiger partial charge >= 0.3 is 6.09 Å². The number of primary amides is 1. The SMILES string of the molecule is CCn1nc(C)cc1C(=O)Nc1nc2cc(C(N)=O)ccc2n1C/C=C/Cn1c(NC(=O)c2cc(C)nn2CC)nc2cc(C(=O)N(C)CCCNC(=O)OC(C)(C)C)ccc21. The number of anilines is 2. The average molecular weight is 848 g/mol. The number of nitrogens with one attached hydrogen (secondary N) is 3. The molecule has 5 N–H and O–H groups in total. The molecule has 4 aromatic heterocycles. The molecule has 5 amide bonds. The molecule has 0 aliphatic rings. The summed E-state index contributed by atoms with van der Waals surface area (Å²) < 4.78 is 12.1. The number of hydrogen-bond donors (Lipinski definition) is 4. The van der Waals surface area contributed by atoms with E-state index in [0.29, 0.717) is 83.0 Å². The molecule has 326 valence electrons. The van der Waals surface area contributed by atoms with Gasteiger partial charge in [-0.15, -0.1) is 0 Å². The average Bonchev–Trinajstić information content (AvgIpc) is 3.98. The highest BCUT2D eigenvalue weighted by molar-refractivity contribution is 6.04. The molecule has 0 atom stereocenters. The van der Waals surface area contributed by atoms with E-state index in [2.05, 4.69) is 31.1 Å². The van der Waals surface area contributed by atoms with Gasteiger partial charge in [-0.3, -0.25) is 39.2 Å². The number of hydrogen-bond acceptors (Lipinski definition) is 10. The predicted molar refractivity (Wildman–Crippen MR) is 234 cm³/mol. The fourth-order valence-corrected chi connectivity index (χ4v) is 6.88. The summed E-state index contributed by atoms with van der Waals surface area (Å²) in [6, 6.07) is 13.5. The zero-order valence-corrected chi connectivity index (χ0v) is 36.3. The number of alkyl carbamates (subject to hydrolysis) is 1. The first-order chi connectivity index (χ1) is 29.5. The van der Waals surface area contributed by atoms with Crippen LogP contribution in [-0.4, -0.2) is 99.0 Å². The Bertz CT molecular complexity index is 2690. The third kappa shape index (κ3) is 10.2. The molecular weight excluding hydrogens is 795 g/mol. The van der Waals surface area contributed by atoms with Gasteiger partial charge in [0.1, 0.15) is 17.0 Å². The van der Waals surface area contributed by atoms with Crippen LogP contribution in [0.3, 0.4) is 0 Å². The topological polar surface area (TPSA) is 231 Å². The lowest BCUT2D eigenvalue weighted by Gasteiger charge is -2.20. The molecule has 62 heavy (non-hydrogen) atoms. The number of nitrogens with two attached hydrogens (primary N) is 1. The van der Waals surface area contributed by atoms with E-state index in [1.807, 2.05) is 44.4 Å². The monoisotopic (exact) mass is 847 g/mol. The van der Waals surface area contributed by atoms with Crippen molar-refractivity contribution in [3.63, 3.8) is 0 Å². The Hall–Kier alpha value is -7.31. The molecule has 2 aromatic carbocycles. The van der Waals surface area contributed by atoms with Crippen LogP contribution >= 0.6 is 0 Å². The van der Waals surface area contributed by atoms with Crippen LogP contribution in [0.15, 0.2) is 60.7 Å². The number of carbonyl (C=O) groups is 5. The Labute approximate surface area is 358 Å². The van der Waals surface area contributed by atoms with Crippen LogP contribution in [0.25, 0.3) is 22.1 Å². The van der Waals surface area contributed by atoms with Gasteiger partial charge < -0.3 is 29.8 Å². The van der Waals surface area contributed by atoms with E-state index in [1.165, 1.54) is 0 Å². The molecule has 0 radical (unpaired) electrons. The molecule has 0 saturated heterocycles. The summed E-state index contributed by atoms with van der Waals surface area (Å²) in [6.45, 7) is 15.0. The molecular formula is C43H53N13O6. The summed E-state index contributed by atoms with van der Waals surface area (Å²) in [6.07, 6.45) is 3.77. The molecule has 0 aliphatic carbocycles. The normalized spacial score (nSPS) is 11.7. The van der Waals surface area contributed by atoms with Gasteiger partial charge in [-0.2, -0.15) is 10.2 Å². The largest absolute Gasteiger partial charge is 0.444 e. The van der Waals surface area contributed by atoms with Crippen LogP contribution in [0.1, 0.15) is 94.1 Å². The lowest BCUT2D eigenvalue weighted by Crippen LogP contribution is -2.35. The van der Waals surface area contributed by atoms with Crippen molar-refractivity contribution in [3.8, 4) is 0 Å². The van der Waals surface area contributed by atoms with E-state index < -0.39 is 29.4 Å². The van der Waals surface area contributed by atoms with Crippen LogP contribution in [-0.2, 0) is 30.9 Å². The van der Waals surface area contributed by atoms with Gasteiger partial charge in [0.05, 0.1) is 33.5 Å². The van der Waals surface area contributed by atoms with E-state index in [-0.39, 0.29) is 36.5 Å². The second kappa shape index (κ2) is 18.5. The predicted octanol–water partition coefficient (Wildman–Crippen LogP) is 5.28. The fraction of sp³-hybridized carbons (Fsp3) is 0.372. The summed E-state index contributed by atoms with van der Waals surface area (Å²) in [5.41, 5.74) is 10.0. The fourth-order valence-electron chi connectivity index (χ4n) is 6.88. The van der Waals surface area contributed by atoms with E-state index in [4.69, 9.17) is 15.5 Å². The standard InChI is InChI=1S/C43H53N13O6/c1-9-55-34(22-26(3)50-55)37(58)48-40-46-30-24-28(36(44)57)14-16-32(30)53(40)20-11-12-21-54-33-17-15-29(39(60)52(8)19-13-18-45-42(61)62-43(5,6)7)25-31(33)47-41(54)49-38(59)35-23-27(4)51-56(35)10-2/h11-12,14-17,22-25H,9-10,13,18-21H2,1-8H3,(H2,44,57)(H,45,61)(H,46,48,58)(H,47,49,59)/b12-11+. The minimum atomic E-state index is -0.612. The Kier molecular flexibility index (Phi) is 13.2. The second-order valence-corrected chi connectivity index (χ2v) is 15.7. The van der Waals surface area contributed by atoms with Crippen molar-refractivity contribution in [1.29, 1.82) is 0 Å². The van der Waals surface area contributed by atoms with E-state index in [9.17, 15) is 24.0 Å². The molecule has 0 bridgehead atoms. The lowest BCUT2D eigenvalue weighted by atomic mass is 10.1. The van der Waals surface area contributed by atoms with Gasteiger partial charge in [-0.05, 0) is 103 Å². The van der Waals surface area contributed by atoms with Crippen molar-refractivity contribution in [3.05, 3.63) is 94.6 Å². The van der Waals surface area contributed by atoms with E-state index in [0.717, 1.165) is 0 Å². The third-order valence-corrected chi connectivity index (χ3v) is 9.78. The first-order valence-electron chi connectivity index (χ1n) is 20.4. The number of nitrogens with zero attached hydrogens (tertiary/aromatic N) is 9. The summed E-state index contributed by atoms with van der Waals surface area (Å²) >= 11 is 0. The van der Waals surface area contributed by atoms with Crippen LogP contribution < -0.4 is 21.7 Å². The number of amides is 5. The number of imidazole rings is 2. The third-order valence-electron chi connectivity index (χ3n) is 9.78. The Morgan fingerprint density at radius 2 is 1.24 bits per heavy atom. The number of carbonyl (C=O) groups excluding carboxylic acids is 5. The molecule has 0 aliphatic heterocycles. The summed E-state index contributed by atoms with van der Waals surface area (Å²) in [5, 5.41) is 17.4. The number of benzene rings is 2. The lowest BCUT2D eigenvalue weighted by molar-refractivity contribution is 0.0525. The Morgan fingerprint density at radius 1 is 0.758 bits per heavy atom. The number of rotatable bonds is 16. The maximum absolute atomic E-state index is 13.7. The Balaban J connectivity index is 1.26. The molecule has 0 unspecified atom stereocenters. The maximum Gasteiger partial charge on any atom is 0.407 e. The second-order valence-electron chi connectivity index (χ2n) is 15.7. The van der Waals surface area contributed by atoms with Gasteiger partial charge in [0, 0.05) is 57.4 Å². The van der Waals surface area contributed by atoms with Crippen molar-refractivity contribution in [2.45, 2.75) is 86.7 Å². The number of fused-ring (bicyclic) bond motifs is 2. The van der Waals surface area contributed by atoms with Crippen molar-refractivity contribution in [2.24, 2.45) is 5.73 Å². The summed E-state index contributed by atoms with van der Waals surface area (Å²) in [5.74, 6) is -1.13. The number of aromatic nitrogens is 8. The van der Waals surface area contributed by atoms with Gasteiger partial charge in [0.25, 0.3) is 17.7 Å². The molecule has 19 heteroatoms. The first-order valence-corrected chi connectivity index (χ1v) is 20.4. The molecule has 0 saturated carbocycles. The van der Waals surface area contributed by atoms with Crippen LogP contribution in [0.4, 0.5) is 16.7 Å². The molecule has 19 nitrogen and oxygen atoms in total. The highest BCUT2D eigenvalue weighted by Gasteiger charge is 2.22. The maximum atomic E-state index is 13.7. The quantitative estimate of drug-likeness (QED) is 0.0727. The zero-order valence-electron chi connectivity index (χ0n) is 36.3. The number of allylic oxidation sites excluding steroid dienone is 2. The number of aryl methyl sites for hydroxylation is 4. The minimum absolute atomic E-state index is 0.237. The van der Waals surface area contributed by atoms with E-state index >= 15 is 0 Å². The molecule has 6 aromatic rings. The Morgan fingerprint density at radius 3 is 1.71 bits per heavy atom. The van der Waals surface area contributed by atoms with Gasteiger partial charge in [0.2, 0.25) is 17.8 Å². The summed E-state index contributed by atoms with van der Waals surface area (Å²) in [7, 11) is 1.69.